The first-order valence-electron chi connectivity index (χ1n) is 8.23. The molecule has 8 heteroatoms. The van der Waals surface area contributed by atoms with E-state index in [9.17, 15) is 19.3 Å². The fraction of sp³-hybridized carbons (Fsp3) is 0.278. The Balaban J connectivity index is 1.73. The van der Waals surface area contributed by atoms with E-state index in [0.29, 0.717) is 11.1 Å². The number of hydrazine groups is 1. The van der Waals surface area contributed by atoms with Gasteiger partial charge in [-0.1, -0.05) is 24.3 Å². The normalized spacial score (nSPS) is 27.7. The molecule has 4 unspecified atom stereocenters. The first-order chi connectivity index (χ1) is 12.5. The number of nitro benzene ring substituents is 1. The van der Waals surface area contributed by atoms with Gasteiger partial charge in [0.25, 0.3) is 5.69 Å². The van der Waals surface area contributed by atoms with E-state index >= 15 is 0 Å². The van der Waals surface area contributed by atoms with Crippen molar-refractivity contribution in [2.75, 3.05) is 0 Å². The second kappa shape index (κ2) is 6.47. The molecule has 2 aromatic carbocycles. The standard InChI is InChI=1S/C18H16FN3O4/c19-12-5-1-3-10(7-12)14-9-15(23)26-18-16(14)17(20-21-18)11-4-2-6-13(8-11)22(24)25/h1-8,14,16-18,20-21H,9H2. The number of hydrogen-bond donors (Lipinski definition) is 2. The summed E-state index contributed by atoms with van der Waals surface area (Å²) in [6, 6.07) is 12.2. The van der Waals surface area contributed by atoms with E-state index in [2.05, 4.69) is 10.9 Å². The molecule has 2 N–H and O–H groups in total. The van der Waals surface area contributed by atoms with Crippen molar-refractivity contribution in [3.8, 4) is 0 Å². The molecule has 2 aliphatic rings. The zero-order valence-electron chi connectivity index (χ0n) is 13.6. The molecular formula is C18H16FN3O4. The minimum atomic E-state index is -0.589. The molecular weight excluding hydrogens is 341 g/mol. The number of fused-ring (bicyclic) bond motifs is 1. The molecule has 0 aliphatic carbocycles. The molecule has 2 heterocycles. The first-order valence-corrected chi connectivity index (χ1v) is 8.23. The Labute approximate surface area is 148 Å². The summed E-state index contributed by atoms with van der Waals surface area (Å²) >= 11 is 0. The second-order valence-corrected chi connectivity index (χ2v) is 6.47. The summed E-state index contributed by atoms with van der Waals surface area (Å²) in [6.45, 7) is 0. The number of halogens is 1. The van der Waals surface area contributed by atoms with Crippen LogP contribution in [0.15, 0.2) is 48.5 Å². The SMILES string of the molecule is O=C1CC(c2cccc(F)c2)C2C(NNC2c2cccc([N+](=O)[O-])c2)O1. The van der Waals surface area contributed by atoms with Crippen LogP contribution in [0.25, 0.3) is 0 Å². The Morgan fingerprint density at radius 3 is 2.65 bits per heavy atom. The van der Waals surface area contributed by atoms with Crippen LogP contribution in [0.2, 0.25) is 0 Å². The van der Waals surface area contributed by atoms with E-state index < -0.39 is 11.2 Å². The predicted molar refractivity (Wildman–Crippen MR) is 89.2 cm³/mol. The van der Waals surface area contributed by atoms with Gasteiger partial charge in [0.1, 0.15) is 5.82 Å². The summed E-state index contributed by atoms with van der Waals surface area (Å²) in [5.41, 5.74) is 7.42. The van der Waals surface area contributed by atoms with Crippen LogP contribution in [0, 0.1) is 21.8 Å². The van der Waals surface area contributed by atoms with Gasteiger partial charge >= 0.3 is 5.97 Å². The van der Waals surface area contributed by atoms with Gasteiger partial charge in [0.2, 0.25) is 0 Å². The molecule has 2 aliphatic heterocycles. The Kier molecular flexibility index (Phi) is 4.14. The van der Waals surface area contributed by atoms with Crippen LogP contribution in [-0.4, -0.2) is 17.1 Å². The summed E-state index contributed by atoms with van der Waals surface area (Å²) in [7, 11) is 0. The smallest absolute Gasteiger partial charge is 0.308 e. The van der Waals surface area contributed by atoms with Gasteiger partial charge in [0.05, 0.1) is 17.4 Å². The average molecular weight is 357 g/mol. The van der Waals surface area contributed by atoms with Crippen molar-refractivity contribution in [3.05, 3.63) is 75.6 Å². The van der Waals surface area contributed by atoms with Crippen molar-refractivity contribution in [1.29, 1.82) is 0 Å². The molecule has 0 spiro atoms. The van der Waals surface area contributed by atoms with E-state index in [1.54, 1.807) is 24.3 Å². The maximum absolute atomic E-state index is 13.7. The summed E-state index contributed by atoms with van der Waals surface area (Å²) < 4.78 is 19.1. The van der Waals surface area contributed by atoms with Gasteiger partial charge in [0.15, 0.2) is 6.23 Å². The molecule has 2 saturated heterocycles. The monoisotopic (exact) mass is 357 g/mol. The number of rotatable bonds is 3. The Bertz CT molecular complexity index is 875. The highest BCUT2D eigenvalue weighted by Gasteiger charge is 2.48. The summed E-state index contributed by atoms with van der Waals surface area (Å²) in [5, 5.41) is 11.1. The van der Waals surface area contributed by atoms with Crippen molar-refractivity contribution in [3.63, 3.8) is 0 Å². The quantitative estimate of drug-likeness (QED) is 0.498. The highest BCUT2D eigenvalue weighted by molar-refractivity contribution is 5.72. The molecule has 2 aromatic rings. The summed E-state index contributed by atoms with van der Waals surface area (Å²) in [4.78, 5) is 22.6. The molecule has 2 fully saturated rings. The van der Waals surface area contributed by atoms with Gasteiger partial charge < -0.3 is 4.74 Å². The highest BCUT2D eigenvalue weighted by Crippen LogP contribution is 2.45. The lowest BCUT2D eigenvalue weighted by Crippen LogP contribution is -2.42. The van der Waals surface area contributed by atoms with Crippen molar-refractivity contribution in [2.24, 2.45) is 5.92 Å². The lowest BCUT2D eigenvalue weighted by molar-refractivity contribution is -0.384. The molecule has 7 nitrogen and oxygen atoms in total. The highest BCUT2D eigenvalue weighted by atomic mass is 19.1. The summed E-state index contributed by atoms with van der Waals surface area (Å²) in [6.07, 6.45) is -0.465. The number of nitrogens with one attached hydrogen (secondary N) is 2. The largest absolute Gasteiger partial charge is 0.445 e. The fourth-order valence-corrected chi connectivity index (χ4v) is 3.81. The van der Waals surface area contributed by atoms with E-state index in [4.69, 9.17) is 4.74 Å². The molecule has 4 atom stereocenters. The number of non-ortho nitro benzene ring substituents is 1. The summed E-state index contributed by atoms with van der Waals surface area (Å²) in [5.74, 6) is -1.24. The number of nitrogens with zero attached hydrogens (tertiary/aromatic N) is 1. The molecule has 26 heavy (non-hydrogen) atoms. The van der Waals surface area contributed by atoms with Crippen LogP contribution in [0.1, 0.15) is 29.5 Å². The van der Waals surface area contributed by atoms with Crippen molar-refractivity contribution in [1.82, 2.24) is 10.9 Å². The third-order valence-electron chi connectivity index (χ3n) is 4.94. The zero-order chi connectivity index (χ0) is 18.3. The van der Waals surface area contributed by atoms with Gasteiger partial charge in [-0.3, -0.25) is 14.9 Å². The molecule has 0 aromatic heterocycles. The third-order valence-corrected chi connectivity index (χ3v) is 4.94. The number of hydrogen-bond acceptors (Lipinski definition) is 6. The molecule has 0 bridgehead atoms. The lowest BCUT2D eigenvalue weighted by Gasteiger charge is -2.35. The predicted octanol–water partition coefficient (Wildman–Crippen LogP) is 2.56. The van der Waals surface area contributed by atoms with Gasteiger partial charge in [-0.15, -0.1) is 0 Å². The number of esters is 1. The average Bonchev–Trinajstić information content (AvgIpc) is 3.04. The first kappa shape index (κ1) is 16.6. The maximum atomic E-state index is 13.7. The zero-order valence-corrected chi connectivity index (χ0v) is 13.6. The second-order valence-electron chi connectivity index (χ2n) is 6.47. The van der Waals surface area contributed by atoms with Crippen LogP contribution < -0.4 is 10.9 Å². The van der Waals surface area contributed by atoms with Crippen LogP contribution in [0.5, 0.6) is 0 Å². The van der Waals surface area contributed by atoms with Gasteiger partial charge in [-0.05, 0) is 23.3 Å². The number of carbonyl (C=O) groups is 1. The van der Waals surface area contributed by atoms with Gasteiger partial charge in [-0.25, -0.2) is 15.2 Å². The number of nitro groups is 1. The molecule has 4 rings (SSSR count). The lowest BCUT2D eigenvalue weighted by atomic mass is 9.76. The number of carbonyl (C=O) groups excluding carboxylic acids is 1. The Morgan fingerprint density at radius 1 is 1.12 bits per heavy atom. The van der Waals surface area contributed by atoms with Gasteiger partial charge in [-0.2, -0.15) is 0 Å². The number of benzene rings is 2. The maximum Gasteiger partial charge on any atom is 0.308 e. The van der Waals surface area contributed by atoms with Crippen molar-refractivity contribution >= 4 is 11.7 Å². The van der Waals surface area contributed by atoms with Gasteiger partial charge in [0, 0.05) is 24.0 Å². The molecule has 0 amide bonds. The molecule has 0 radical (unpaired) electrons. The van der Waals surface area contributed by atoms with Crippen LogP contribution >= 0.6 is 0 Å². The minimum Gasteiger partial charge on any atom is -0.445 e. The van der Waals surface area contributed by atoms with E-state index in [-0.39, 0.29) is 41.8 Å². The number of ether oxygens (including phenoxy) is 1. The van der Waals surface area contributed by atoms with Crippen LogP contribution in [0.3, 0.4) is 0 Å². The molecule has 134 valence electrons. The van der Waals surface area contributed by atoms with Crippen molar-refractivity contribution < 1.29 is 18.8 Å². The third kappa shape index (κ3) is 2.93. The van der Waals surface area contributed by atoms with Crippen molar-refractivity contribution in [2.45, 2.75) is 24.6 Å². The topological polar surface area (TPSA) is 93.5 Å². The Morgan fingerprint density at radius 2 is 1.88 bits per heavy atom. The fourth-order valence-electron chi connectivity index (χ4n) is 3.81. The van der Waals surface area contributed by atoms with E-state index in [1.165, 1.54) is 24.3 Å². The van der Waals surface area contributed by atoms with Crippen LogP contribution in [-0.2, 0) is 9.53 Å². The van der Waals surface area contributed by atoms with Crippen LogP contribution in [0.4, 0.5) is 10.1 Å². The Hall–Kier alpha value is -2.84. The van der Waals surface area contributed by atoms with E-state index in [0.717, 1.165) is 0 Å². The van der Waals surface area contributed by atoms with E-state index in [1.807, 2.05) is 0 Å². The molecule has 0 saturated carbocycles. The minimum absolute atomic E-state index is 0.0112.